The summed E-state index contributed by atoms with van der Waals surface area (Å²) in [5, 5.41) is 0. The summed E-state index contributed by atoms with van der Waals surface area (Å²) >= 11 is 0. The maximum atomic E-state index is 12.6. The number of allylic oxidation sites excluding steroid dienone is 1. The molecule has 0 unspecified atom stereocenters. The highest BCUT2D eigenvalue weighted by atomic mass is 28.3. The standard InChI is InChI=1S/C19H29NO2Si/c1-13(2)20(14(3)4)19(21)22-17-12-18(23(5,6)7)16-11-9-8-10-15(16)17/h8-14,18H,1-7H3/t18-/m1/s1. The third kappa shape index (κ3) is 3.69. The molecule has 0 heterocycles. The summed E-state index contributed by atoms with van der Waals surface area (Å²) in [6, 6.07) is 8.54. The molecule has 0 N–H and O–H groups in total. The Hall–Kier alpha value is -1.55. The molecule has 0 radical (unpaired) electrons. The van der Waals surface area contributed by atoms with Gasteiger partial charge in [0.25, 0.3) is 0 Å². The van der Waals surface area contributed by atoms with E-state index in [0.29, 0.717) is 5.54 Å². The van der Waals surface area contributed by atoms with Gasteiger partial charge >= 0.3 is 6.09 Å². The third-order valence-electron chi connectivity index (χ3n) is 4.33. The zero-order chi connectivity index (χ0) is 17.4. The summed E-state index contributed by atoms with van der Waals surface area (Å²) in [5.41, 5.74) is 2.77. The summed E-state index contributed by atoms with van der Waals surface area (Å²) in [6.07, 6.45) is 1.90. The highest BCUT2D eigenvalue weighted by molar-refractivity contribution is 6.78. The third-order valence-corrected chi connectivity index (χ3v) is 6.68. The molecular formula is C19H29NO2Si. The number of benzene rings is 1. The lowest BCUT2D eigenvalue weighted by Crippen LogP contribution is -2.42. The highest BCUT2D eigenvalue weighted by Crippen LogP contribution is 2.41. The molecule has 1 aliphatic rings. The number of carbonyl (C=O) groups is 1. The van der Waals surface area contributed by atoms with Gasteiger partial charge in [0.2, 0.25) is 0 Å². The van der Waals surface area contributed by atoms with E-state index in [-0.39, 0.29) is 18.2 Å². The second kappa shape index (κ2) is 6.52. The van der Waals surface area contributed by atoms with Gasteiger partial charge in [0.1, 0.15) is 5.76 Å². The molecule has 1 aromatic carbocycles. The smallest absolute Gasteiger partial charge is 0.410 e. The molecule has 4 heteroatoms. The van der Waals surface area contributed by atoms with E-state index in [1.54, 1.807) is 4.90 Å². The van der Waals surface area contributed by atoms with Crippen LogP contribution < -0.4 is 0 Å². The SMILES string of the molecule is CC(C)N(C(=O)OC1=C[C@@H]([Si](C)(C)C)c2ccccc21)C(C)C. The fourth-order valence-electron chi connectivity index (χ4n) is 3.29. The molecule has 1 aliphatic carbocycles. The lowest BCUT2D eigenvalue weighted by molar-refractivity contribution is 0.115. The first-order valence-electron chi connectivity index (χ1n) is 8.44. The molecule has 0 saturated heterocycles. The first-order chi connectivity index (χ1) is 10.6. The van der Waals surface area contributed by atoms with Crippen molar-refractivity contribution in [3.63, 3.8) is 0 Å². The second-order valence-electron chi connectivity index (χ2n) is 7.92. The van der Waals surface area contributed by atoms with E-state index in [2.05, 4.69) is 43.9 Å². The van der Waals surface area contributed by atoms with Crippen LogP contribution in [0.5, 0.6) is 0 Å². The molecular weight excluding hydrogens is 302 g/mol. The Morgan fingerprint density at radius 2 is 1.65 bits per heavy atom. The van der Waals surface area contributed by atoms with Crippen molar-refractivity contribution in [2.24, 2.45) is 0 Å². The van der Waals surface area contributed by atoms with E-state index in [1.165, 1.54) is 5.56 Å². The average Bonchev–Trinajstić information content (AvgIpc) is 2.77. The number of hydrogen-bond donors (Lipinski definition) is 0. The second-order valence-corrected chi connectivity index (χ2v) is 13.3. The van der Waals surface area contributed by atoms with E-state index in [0.717, 1.165) is 11.3 Å². The number of nitrogens with zero attached hydrogens (tertiary/aromatic N) is 1. The molecule has 23 heavy (non-hydrogen) atoms. The Morgan fingerprint density at radius 3 is 2.17 bits per heavy atom. The van der Waals surface area contributed by atoms with Gasteiger partial charge in [0.05, 0.1) is 8.07 Å². The molecule has 2 rings (SSSR count). The molecule has 0 spiro atoms. The zero-order valence-corrected chi connectivity index (χ0v) is 16.4. The Balaban J connectivity index is 2.31. The van der Waals surface area contributed by atoms with E-state index in [4.69, 9.17) is 4.74 Å². The Kier molecular flexibility index (Phi) is 5.04. The summed E-state index contributed by atoms with van der Waals surface area (Å²) < 4.78 is 5.82. The molecule has 3 nitrogen and oxygen atoms in total. The van der Waals surface area contributed by atoms with E-state index >= 15 is 0 Å². The van der Waals surface area contributed by atoms with E-state index in [1.807, 2.05) is 33.8 Å². The number of ether oxygens (including phenoxy) is 1. The molecule has 126 valence electrons. The predicted molar refractivity (Wildman–Crippen MR) is 99.1 cm³/mol. The molecule has 1 aromatic rings. The van der Waals surface area contributed by atoms with E-state index < -0.39 is 8.07 Å². The van der Waals surface area contributed by atoms with Gasteiger partial charge in [-0.1, -0.05) is 43.9 Å². The average molecular weight is 332 g/mol. The summed E-state index contributed by atoms with van der Waals surface area (Å²) in [7, 11) is -1.42. The van der Waals surface area contributed by atoms with Gasteiger partial charge in [-0.05, 0) is 39.3 Å². The first-order valence-corrected chi connectivity index (χ1v) is 12.0. The van der Waals surface area contributed by atoms with Crippen LogP contribution in [0.4, 0.5) is 4.79 Å². The van der Waals surface area contributed by atoms with Gasteiger partial charge in [-0.3, -0.25) is 0 Å². The van der Waals surface area contributed by atoms with Crippen molar-refractivity contribution in [2.75, 3.05) is 0 Å². The fraction of sp³-hybridized carbons (Fsp3) is 0.526. The van der Waals surface area contributed by atoms with Crippen LogP contribution in [0, 0.1) is 0 Å². The Morgan fingerprint density at radius 1 is 1.09 bits per heavy atom. The highest BCUT2D eigenvalue weighted by Gasteiger charge is 2.35. The summed E-state index contributed by atoms with van der Waals surface area (Å²) in [4.78, 5) is 14.4. The normalized spacial score (nSPS) is 17.3. The van der Waals surface area contributed by atoms with Crippen LogP contribution in [0.15, 0.2) is 30.3 Å². The lowest BCUT2D eigenvalue weighted by atomic mass is 10.1. The molecule has 0 aliphatic heterocycles. The van der Waals surface area contributed by atoms with Crippen molar-refractivity contribution < 1.29 is 9.53 Å². The zero-order valence-electron chi connectivity index (χ0n) is 15.4. The largest absolute Gasteiger partial charge is 0.415 e. The molecule has 0 saturated carbocycles. The fourth-order valence-corrected chi connectivity index (χ4v) is 5.13. The van der Waals surface area contributed by atoms with Crippen molar-refractivity contribution in [3.8, 4) is 0 Å². The number of hydrogen-bond acceptors (Lipinski definition) is 2. The van der Waals surface area contributed by atoms with Gasteiger partial charge in [-0.15, -0.1) is 0 Å². The van der Waals surface area contributed by atoms with Crippen LogP contribution in [0.1, 0.15) is 44.4 Å². The molecule has 0 aromatic heterocycles. The molecule has 1 atom stereocenters. The van der Waals surface area contributed by atoms with Gasteiger partial charge < -0.3 is 9.64 Å². The predicted octanol–water partition coefficient (Wildman–Crippen LogP) is 5.26. The first kappa shape index (κ1) is 17.8. The van der Waals surface area contributed by atoms with Gasteiger partial charge in [-0.25, -0.2) is 4.79 Å². The lowest BCUT2D eigenvalue weighted by Gasteiger charge is -2.29. The van der Waals surface area contributed by atoms with Crippen molar-refractivity contribution in [1.29, 1.82) is 0 Å². The van der Waals surface area contributed by atoms with Crippen molar-refractivity contribution >= 4 is 19.9 Å². The quantitative estimate of drug-likeness (QED) is 0.705. The van der Waals surface area contributed by atoms with Crippen LogP contribution in [0.2, 0.25) is 19.6 Å². The molecule has 1 amide bonds. The molecule has 0 bridgehead atoms. The van der Waals surface area contributed by atoms with Gasteiger partial charge in [0.15, 0.2) is 0 Å². The topological polar surface area (TPSA) is 29.5 Å². The van der Waals surface area contributed by atoms with Crippen molar-refractivity contribution in [1.82, 2.24) is 4.90 Å². The minimum absolute atomic E-state index is 0.118. The van der Waals surface area contributed by atoms with Gasteiger partial charge in [0, 0.05) is 23.2 Å². The maximum absolute atomic E-state index is 12.6. The maximum Gasteiger partial charge on any atom is 0.415 e. The number of carbonyl (C=O) groups excluding carboxylic acids is 1. The Labute approximate surface area is 141 Å². The monoisotopic (exact) mass is 331 g/mol. The number of rotatable bonds is 4. The van der Waals surface area contributed by atoms with E-state index in [9.17, 15) is 4.79 Å². The van der Waals surface area contributed by atoms with Crippen LogP contribution in [0.25, 0.3) is 5.76 Å². The van der Waals surface area contributed by atoms with Crippen LogP contribution in [0.3, 0.4) is 0 Å². The van der Waals surface area contributed by atoms with Crippen molar-refractivity contribution in [3.05, 3.63) is 41.5 Å². The van der Waals surface area contributed by atoms with Crippen LogP contribution in [-0.4, -0.2) is 31.2 Å². The number of amides is 1. The van der Waals surface area contributed by atoms with Gasteiger partial charge in [-0.2, -0.15) is 0 Å². The summed E-state index contributed by atoms with van der Waals surface area (Å²) in [5.74, 6) is 0.726. The van der Waals surface area contributed by atoms with Crippen LogP contribution in [-0.2, 0) is 4.74 Å². The Bertz CT molecular complexity index is 606. The van der Waals surface area contributed by atoms with Crippen molar-refractivity contribution in [2.45, 2.75) is 65.0 Å². The van der Waals surface area contributed by atoms with Crippen LogP contribution >= 0.6 is 0 Å². The number of fused-ring (bicyclic) bond motifs is 1. The minimum Gasteiger partial charge on any atom is -0.410 e. The summed E-state index contributed by atoms with van der Waals surface area (Å²) in [6.45, 7) is 15.1. The molecule has 0 fully saturated rings. The minimum atomic E-state index is -1.42.